The summed E-state index contributed by atoms with van der Waals surface area (Å²) in [6.07, 6.45) is 5.31. The van der Waals surface area contributed by atoms with E-state index in [0.29, 0.717) is 12.1 Å². The fraction of sp³-hybridized carbons (Fsp3) is 0.316. The summed E-state index contributed by atoms with van der Waals surface area (Å²) in [7, 11) is 0. The summed E-state index contributed by atoms with van der Waals surface area (Å²) in [5.74, 6) is 0.882. The first kappa shape index (κ1) is 16.5. The standard InChI is InChI=1S/C19H22N6O/c1-14-17(3-2-16-12-21-13-25(14)16)19(26)23-11-15-4-5-22-18(10-15)24-8-6-20-7-9-24/h2-5,10,12-13,20H,6-9,11H2,1H3,(H,23,26). The lowest BCUT2D eigenvalue weighted by atomic mass is 10.1. The van der Waals surface area contributed by atoms with Crippen LogP contribution in [-0.2, 0) is 6.54 Å². The quantitative estimate of drug-likeness (QED) is 0.744. The van der Waals surface area contributed by atoms with Crippen molar-refractivity contribution >= 4 is 17.2 Å². The van der Waals surface area contributed by atoms with Crippen LogP contribution in [0.1, 0.15) is 21.6 Å². The third kappa shape index (κ3) is 3.25. The number of carbonyl (C=O) groups is 1. The number of nitrogens with zero attached hydrogens (tertiary/aromatic N) is 4. The van der Waals surface area contributed by atoms with Crippen LogP contribution in [-0.4, -0.2) is 46.5 Å². The molecule has 0 radical (unpaired) electrons. The molecule has 4 heterocycles. The second kappa shape index (κ2) is 7.13. The van der Waals surface area contributed by atoms with Crippen LogP contribution in [0, 0.1) is 6.92 Å². The van der Waals surface area contributed by atoms with Crippen LogP contribution in [0.3, 0.4) is 0 Å². The van der Waals surface area contributed by atoms with Gasteiger partial charge in [-0.2, -0.15) is 0 Å². The van der Waals surface area contributed by atoms with Gasteiger partial charge < -0.3 is 19.9 Å². The Morgan fingerprint density at radius 2 is 2.12 bits per heavy atom. The number of aryl methyl sites for hydroxylation is 1. The Labute approximate surface area is 152 Å². The molecule has 1 aliphatic rings. The molecule has 0 saturated carbocycles. The number of amides is 1. The summed E-state index contributed by atoms with van der Waals surface area (Å²) >= 11 is 0. The van der Waals surface area contributed by atoms with Crippen molar-refractivity contribution in [1.29, 1.82) is 0 Å². The second-order valence-electron chi connectivity index (χ2n) is 6.46. The molecule has 3 aromatic heterocycles. The molecule has 0 aliphatic carbocycles. The highest BCUT2D eigenvalue weighted by Crippen LogP contribution is 2.15. The number of imidazole rings is 1. The number of pyridine rings is 2. The molecule has 0 aromatic carbocycles. The van der Waals surface area contributed by atoms with Crippen LogP contribution < -0.4 is 15.5 Å². The molecular formula is C19H22N6O. The summed E-state index contributed by atoms with van der Waals surface area (Å²) in [6.45, 7) is 6.25. The topological polar surface area (TPSA) is 74.6 Å². The summed E-state index contributed by atoms with van der Waals surface area (Å²) in [5, 5.41) is 6.35. The number of hydrogen-bond donors (Lipinski definition) is 2. The maximum atomic E-state index is 12.6. The highest BCUT2D eigenvalue weighted by atomic mass is 16.1. The number of fused-ring (bicyclic) bond motifs is 1. The first-order valence-electron chi connectivity index (χ1n) is 8.83. The highest BCUT2D eigenvalue weighted by molar-refractivity contribution is 5.95. The Bertz CT molecular complexity index is 929. The van der Waals surface area contributed by atoms with Gasteiger partial charge in [-0.15, -0.1) is 0 Å². The van der Waals surface area contributed by atoms with Crippen molar-refractivity contribution in [2.45, 2.75) is 13.5 Å². The Kier molecular flexibility index (Phi) is 4.53. The first-order chi connectivity index (χ1) is 12.7. The number of hydrogen-bond acceptors (Lipinski definition) is 5. The summed E-state index contributed by atoms with van der Waals surface area (Å²) in [4.78, 5) is 23.5. The minimum absolute atomic E-state index is 0.0846. The second-order valence-corrected chi connectivity index (χ2v) is 6.46. The Hall–Kier alpha value is -2.93. The van der Waals surface area contributed by atoms with E-state index in [1.165, 1.54) is 0 Å². The first-order valence-corrected chi connectivity index (χ1v) is 8.83. The molecule has 4 rings (SSSR count). The van der Waals surface area contributed by atoms with Gasteiger partial charge in [0.25, 0.3) is 5.91 Å². The lowest BCUT2D eigenvalue weighted by Crippen LogP contribution is -2.43. The molecule has 134 valence electrons. The Morgan fingerprint density at radius 1 is 1.27 bits per heavy atom. The van der Waals surface area contributed by atoms with E-state index in [1.807, 2.05) is 35.7 Å². The van der Waals surface area contributed by atoms with Gasteiger partial charge in [-0.1, -0.05) is 0 Å². The lowest BCUT2D eigenvalue weighted by Gasteiger charge is -2.28. The minimum Gasteiger partial charge on any atom is -0.354 e. The molecule has 0 spiro atoms. The number of piperazine rings is 1. The zero-order chi connectivity index (χ0) is 17.9. The van der Waals surface area contributed by atoms with E-state index in [0.717, 1.165) is 48.8 Å². The van der Waals surface area contributed by atoms with Crippen LogP contribution >= 0.6 is 0 Å². The van der Waals surface area contributed by atoms with E-state index in [9.17, 15) is 4.79 Å². The third-order valence-electron chi connectivity index (χ3n) is 4.79. The molecule has 1 aliphatic heterocycles. The Morgan fingerprint density at radius 3 is 2.96 bits per heavy atom. The molecule has 1 saturated heterocycles. The number of aromatic nitrogens is 3. The van der Waals surface area contributed by atoms with Gasteiger partial charge in [0.15, 0.2) is 0 Å². The van der Waals surface area contributed by atoms with Gasteiger partial charge in [0.1, 0.15) is 5.82 Å². The molecule has 1 amide bonds. The van der Waals surface area contributed by atoms with Crippen LogP contribution in [0.2, 0.25) is 0 Å². The molecule has 26 heavy (non-hydrogen) atoms. The van der Waals surface area contributed by atoms with Crippen molar-refractivity contribution in [3.63, 3.8) is 0 Å². The largest absolute Gasteiger partial charge is 0.354 e. The fourth-order valence-corrected chi connectivity index (χ4v) is 3.28. The molecule has 1 fully saturated rings. The number of anilines is 1. The molecule has 0 bridgehead atoms. The maximum Gasteiger partial charge on any atom is 0.253 e. The van der Waals surface area contributed by atoms with E-state index in [1.54, 1.807) is 12.5 Å². The van der Waals surface area contributed by atoms with E-state index in [-0.39, 0.29) is 5.91 Å². The van der Waals surface area contributed by atoms with E-state index < -0.39 is 0 Å². The predicted molar refractivity (Wildman–Crippen MR) is 100 cm³/mol. The van der Waals surface area contributed by atoms with Gasteiger partial charge in [0, 0.05) is 44.6 Å². The molecule has 7 nitrogen and oxygen atoms in total. The molecule has 7 heteroatoms. The van der Waals surface area contributed by atoms with Gasteiger partial charge in [0.05, 0.1) is 23.6 Å². The maximum absolute atomic E-state index is 12.6. The van der Waals surface area contributed by atoms with E-state index >= 15 is 0 Å². The van der Waals surface area contributed by atoms with Crippen LogP contribution in [0.25, 0.3) is 5.52 Å². The molecule has 2 N–H and O–H groups in total. The fourth-order valence-electron chi connectivity index (χ4n) is 3.28. The van der Waals surface area contributed by atoms with Crippen molar-refractivity contribution in [2.24, 2.45) is 0 Å². The van der Waals surface area contributed by atoms with Gasteiger partial charge >= 0.3 is 0 Å². The predicted octanol–water partition coefficient (Wildman–Crippen LogP) is 1.38. The van der Waals surface area contributed by atoms with Crippen molar-refractivity contribution in [3.05, 3.63) is 59.8 Å². The normalized spacial score (nSPS) is 14.6. The van der Waals surface area contributed by atoms with Crippen molar-refractivity contribution in [2.75, 3.05) is 31.1 Å². The monoisotopic (exact) mass is 350 g/mol. The summed E-state index contributed by atoms with van der Waals surface area (Å²) in [6, 6.07) is 7.75. The average Bonchev–Trinajstić information content (AvgIpc) is 3.17. The minimum atomic E-state index is -0.0846. The van der Waals surface area contributed by atoms with Gasteiger partial charge in [-0.3, -0.25) is 4.79 Å². The SMILES string of the molecule is Cc1c(C(=O)NCc2ccnc(N3CCNCC3)c2)ccc2cncn12. The molecular weight excluding hydrogens is 328 g/mol. The zero-order valence-electron chi connectivity index (χ0n) is 14.8. The van der Waals surface area contributed by atoms with Crippen molar-refractivity contribution in [3.8, 4) is 0 Å². The van der Waals surface area contributed by atoms with E-state index in [4.69, 9.17) is 0 Å². The van der Waals surface area contributed by atoms with Crippen molar-refractivity contribution < 1.29 is 4.79 Å². The van der Waals surface area contributed by atoms with Crippen LogP contribution in [0.5, 0.6) is 0 Å². The Balaban J connectivity index is 1.46. The van der Waals surface area contributed by atoms with E-state index in [2.05, 4.69) is 31.6 Å². The third-order valence-corrected chi connectivity index (χ3v) is 4.79. The summed E-state index contributed by atoms with van der Waals surface area (Å²) < 4.78 is 1.92. The smallest absolute Gasteiger partial charge is 0.253 e. The zero-order valence-corrected chi connectivity index (χ0v) is 14.8. The average molecular weight is 350 g/mol. The summed E-state index contributed by atoms with van der Waals surface area (Å²) in [5.41, 5.74) is 3.57. The molecule has 3 aromatic rings. The number of carbonyl (C=O) groups excluding carboxylic acids is 1. The number of rotatable bonds is 4. The van der Waals surface area contributed by atoms with Crippen molar-refractivity contribution in [1.82, 2.24) is 25.0 Å². The lowest BCUT2D eigenvalue weighted by molar-refractivity contribution is 0.0949. The number of nitrogens with one attached hydrogen (secondary N) is 2. The highest BCUT2D eigenvalue weighted by Gasteiger charge is 2.14. The van der Waals surface area contributed by atoms with Gasteiger partial charge in [-0.05, 0) is 36.8 Å². The molecule has 0 unspecified atom stereocenters. The molecule has 0 atom stereocenters. The van der Waals surface area contributed by atoms with Gasteiger partial charge in [-0.25, -0.2) is 9.97 Å². The van der Waals surface area contributed by atoms with Crippen LogP contribution in [0.4, 0.5) is 5.82 Å². The van der Waals surface area contributed by atoms with Gasteiger partial charge in [0.2, 0.25) is 0 Å². The van der Waals surface area contributed by atoms with Crippen LogP contribution in [0.15, 0.2) is 43.0 Å².